The fourth-order valence-corrected chi connectivity index (χ4v) is 1.85. The molecular formula is C14H10N2O. The third-order valence-electron chi connectivity index (χ3n) is 2.70. The Morgan fingerprint density at radius 1 is 0.941 bits per heavy atom. The summed E-state index contributed by atoms with van der Waals surface area (Å²) in [6, 6.07) is 11.3. The number of hydrogen-bond donors (Lipinski definition) is 1. The van der Waals surface area contributed by atoms with Crippen LogP contribution in [-0.2, 0) is 0 Å². The number of aromatic nitrogens is 2. The smallest absolute Gasteiger partial charge is 0.141 e. The van der Waals surface area contributed by atoms with Crippen LogP contribution in [-0.4, -0.2) is 15.1 Å². The fourth-order valence-electron chi connectivity index (χ4n) is 1.85. The van der Waals surface area contributed by atoms with Crippen molar-refractivity contribution in [2.24, 2.45) is 0 Å². The molecule has 3 aromatic rings. The molecule has 0 radical (unpaired) electrons. The van der Waals surface area contributed by atoms with E-state index in [0.29, 0.717) is 5.52 Å². The van der Waals surface area contributed by atoms with Gasteiger partial charge in [0.1, 0.15) is 11.3 Å². The number of para-hydroxylation sites is 1. The van der Waals surface area contributed by atoms with Crippen LogP contribution in [0.2, 0.25) is 0 Å². The predicted octanol–water partition coefficient (Wildman–Crippen LogP) is 3.00. The maximum Gasteiger partial charge on any atom is 0.141 e. The Bertz CT molecular complexity index is 665. The number of nitrogens with zero attached hydrogens (tertiary/aromatic N) is 2. The van der Waals surface area contributed by atoms with E-state index in [0.717, 1.165) is 16.5 Å². The molecule has 2 aromatic heterocycles. The van der Waals surface area contributed by atoms with Gasteiger partial charge in [-0.1, -0.05) is 12.1 Å². The van der Waals surface area contributed by atoms with Gasteiger partial charge in [-0.05, 0) is 29.8 Å². The summed E-state index contributed by atoms with van der Waals surface area (Å²) in [6.07, 6.45) is 5.27. The first-order valence-corrected chi connectivity index (χ1v) is 5.33. The number of phenolic OH excluding ortho intramolecular Hbond substituents is 1. The van der Waals surface area contributed by atoms with Crippen LogP contribution in [0.4, 0.5) is 0 Å². The summed E-state index contributed by atoms with van der Waals surface area (Å²) in [5, 5.41) is 10.6. The largest absolute Gasteiger partial charge is 0.506 e. The standard InChI is InChI=1S/C14H10N2O/c17-13-3-1-2-11-8-12(9-16-14(11)13)10-4-6-15-7-5-10/h1-9,17H. The molecule has 0 fully saturated rings. The lowest BCUT2D eigenvalue weighted by atomic mass is 10.1. The van der Waals surface area contributed by atoms with Crippen molar-refractivity contribution in [3.63, 3.8) is 0 Å². The normalized spacial score (nSPS) is 10.6. The first-order valence-electron chi connectivity index (χ1n) is 5.33. The number of phenols is 1. The van der Waals surface area contributed by atoms with E-state index in [1.54, 1.807) is 24.7 Å². The highest BCUT2D eigenvalue weighted by atomic mass is 16.3. The van der Waals surface area contributed by atoms with E-state index < -0.39 is 0 Å². The maximum atomic E-state index is 9.66. The van der Waals surface area contributed by atoms with E-state index in [2.05, 4.69) is 9.97 Å². The second-order valence-electron chi connectivity index (χ2n) is 3.81. The molecule has 82 valence electrons. The monoisotopic (exact) mass is 222 g/mol. The molecule has 3 rings (SSSR count). The zero-order valence-corrected chi connectivity index (χ0v) is 9.04. The average Bonchev–Trinajstić information content (AvgIpc) is 2.40. The molecule has 3 heteroatoms. The van der Waals surface area contributed by atoms with Crippen molar-refractivity contribution in [1.29, 1.82) is 0 Å². The second kappa shape index (κ2) is 3.87. The van der Waals surface area contributed by atoms with Gasteiger partial charge >= 0.3 is 0 Å². The first-order chi connectivity index (χ1) is 8.34. The summed E-state index contributed by atoms with van der Waals surface area (Å²) >= 11 is 0. The lowest BCUT2D eigenvalue weighted by Gasteiger charge is -2.04. The SMILES string of the molecule is Oc1cccc2cc(-c3ccncc3)cnc12. The average molecular weight is 222 g/mol. The summed E-state index contributed by atoms with van der Waals surface area (Å²) in [4.78, 5) is 8.27. The molecule has 0 aliphatic rings. The van der Waals surface area contributed by atoms with E-state index in [9.17, 15) is 5.11 Å². The zero-order chi connectivity index (χ0) is 11.7. The van der Waals surface area contributed by atoms with Gasteiger partial charge in [0.15, 0.2) is 0 Å². The minimum absolute atomic E-state index is 0.212. The van der Waals surface area contributed by atoms with Crippen LogP contribution in [0.1, 0.15) is 0 Å². The van der Waals surface area contributed by atoms with E-state index in [1.165, 1.54) is 0 Å². The van der Waals surface area contributed by atoms with Gasteiger partial charge in [0.2, 0.25) is 0 Å². The third-order valence-corrected chi connectivity index (χ3v) is 2.70. The van der Waals surface area contributed by atoms with Crippen LogP contribution in [0.3, 0.4) is 0 Å². The number of aromatic hydroxyl groups is 1. The molecule has 1 aromatic carbocycles. The fraction of sp³-hybridized carbons (Fsp3) is 0. The van der Waals surface area contributed by atoms with Gasteiger partial charge in [0, 0.05) is 29.5 Å². The Hall–Kier alpha value is -2.42. The van der Waals surface area contributed by atoms with Gasteiger partial charge in [-0.25, -0.2) is 0 Å². The molecule has 0 saturated carbocycles. The van der Waals surface area contributed by atoms with Gasteiger partial charge < -0.3 is 5.11 Å². The van der Waals surface area contributed by atoms with Gasteiger partial charge in [-0.3, -0.25) is 9.97 Å². The van der Waals surface area contributed by atoms with Crippen LogP contribution in [0, 0.1) is 0 Å². The molecular weight excluding hydrogens is 212 g/mol. The molecule has 0 bridgehead atoms. The number of hydrogen-bond acceptors (Lipinski definition) is 3. The number of benzene rings is 1. The Morgan fingerprint density at radius 2 is 1.76 bits per heavy atom. The van der Waals surface area contributed by atoms with E-state index in [1.807, 2.05) is 30.3 Å². The Kier molecular flexibility index (Phi) is 2.22. The number of pyridine rings is 2. The predicted molar refractivity (Wildman–Crippen MR) is 66.6 cm³/mol. The first kappa shape index (κ1) is 9.78. The summed E-state index contributed by atoms with van der Waals surface area (Å²) in [5.41, 5.74) is 2.72. The molecule has 0 atom stereocenters. The zero-order valence-electron chi connectivity index (χ0n) is 9.04. The van der Waals surface area contributed by atoms with Crippen molar-refractivity contribution in [2.45, 2.75) is 0 Å². The lowest BCUT2D eigenvalue weighted by molar-refractivity contribution is 0.480. The van der Waals surface area contributed by atoms with Crippen molar-refractivity contribution in [3.05, 3.63) is 55.0 Å². The summed E-state index contributed by atoms with van der Waals surface area (Å²) < 4.78 is 0. The lowest BCUT2D eigenvalue weighted by Crippen LogP contribution is -1.83. The maximum absolute atomic E-state index is 9.66. The van der Waals surface area contributed by atoms with Gasteiger partial charge in [-0.2, -0.15) is 0 Å². The van der Waals surface area contributed by atoms with Crippen molar-refractivity contribution >= 4 is 10.9 Å². The van der Waals surface area contributed by atoms with Crippen molar-refractivity contribution < 1.29 is 5.11 Å². The van der Waals surface area contributed by atoms with Crippen molar-refractivity contribution in [3.8, 4) is 16.9 Å². The van der Waals surface area contributed by atoms with Gasteiger partial charge in [0.25, 0.3) is 0 Å². The minimum atomic E-state index is 0.212. The molecule has 0 unspecified atom stereocenters. The Labute approximate surface area is 98.4 Å². The molecule has 0 aliphatic carbocycles. The molecule has 0 aliphatic heterocycles. The van der Waals surface area contributed by atoms with Crippen LogP contribution >= 0.6 is 0 Å². The molecule has 17 heavy (non-hydrogen) atoms. The number of rotatable bonds is 1. The van der Waals surface area contributed by atoms with E-state index in [-0.39, 0.29) is 5.75 Å². The van der Waals surface area contributed by atoms with Gasteiger partial charge in [-0.15, -0.1) is 0 Å². The highest BCUT2D eigenvalue weighted by Gasteiger charge is 2.03. The van der Waals surface area contributed by atoms with Crippen LogP contribution in [0.15, 0.2) is 55.0 Å². The van der Waals surface area contributed by atoms with Gasteiger partial charge in [0.05, 0.1) is 0 Å². The Balaban J connectivity index is 2.21. The summed E-state index contributed by atoms with van der Waals surface area (Å²) in [6.45, 7) is 0. The van der Waals surface area contributed by atoms with Crippen LogP contribution < -0.4 is 0 Å². The van der Waals surface area contributed by atoms with E-state index >= 15 is 0 Å². The minimum Gasteiger partial charge on any atom is -0.506 e. The highest BCUT2D eigenvalue weighted by Crippen LogP contribution is 2.26. The van der Waals surface area contributed by atoms with Crippen LogP contribution in [0.25, 0.3) is 22.0 Å². The van der Waals surface area contributed by atoms with Crippen molar-refractivity contribution in [1.82, 2.24) is 9.97 Å². The third kappa shape index (κ3) is 1.72. The van der Waals surface area contributed by atoms with E-state index in [4.69, 9.17) is 0 Å². The summed E-state index contributed by atoms with van der Waals surface area (Å²) in [7, 11) is 0. The quantitative estimate of drug-likeness (QED) is 0.688. The molecule has 0 spiro atoms. The second-order valence-corrected chi connectivity index (χ2v) is 3.81. The molecule has 0 amide bonds. The molecule has 3 nitrogen and oxygen atoms in total. The van der Waals surface area contributed by atoms with Crippen molar-refractivity contribution in [2.75, 3.05) is 0 Å². The molecule has 1 N–H and O–H groups in total. The van der Waals surface area contributed by atoms with Crippen LogP contribution in [0.5, 0.6) is 5.75 Å². The molecule has 0 saturated heterocycles. The Morgan fingerprint density at radius 3 is 2.59 bits per heavy atom. The molecule has 2 heterocycles. The summed E-state index contributed by atoms with van der Waals surface area (Å²) in [5.74, 6) is 0.212. The topological polar surface area (TPSA) is 46.0 Å². The highest BCUT2D eigenvalue weighted by molar-refractivity contribution is 5.87. The number of fused-ring (bicyclic) bond motifs is 1.